The fourth-order valence-corrected chi connectivity index (χ4v) is 2.17. The summed E-state index contributed by atoms with van der Waals surface area (Å²) in [5, 5.41) is 13.9. The van der Waals surface area contributed by atoms with Crippen molar-refractivity contribution in [3.63, 3.8) is 0 Å². The molecule has 0 atom stereocenters. The summed E-state index contributed by atoms with van der Waals surface area (Å²) < 4.78 is 10.2. The SMILES string of the molecule is COc1cc(NC(=O)c2ccccc2C)c(C(=O)[O-])cc1OC. The highest BCUT2D eigenvalue weighted by molar-refractivity contribution is 6.08. The van der Waals surface area contributed by atoms with Gasteiger partial charge in [-0.3, -0.25) is 4.79 Å². The summed E-state index contributed by atoms with van der Waals surface area (Å²) in [5.74, 6) is -1.30. The lowest BCUT2D eigenvalue weighted by molar-refractivity contribution is -0.254. The fraction of sp³-hybridized carbons (Fsp3) is 0.176. The van der Waals surface area contributed by atoms with Crippen LogP contribution in [0.3, 0.4) is 0 Å². The summed E-state index contributed by atoms with van der Waals surface area (Å²) in [4.78, 5) is 23.7. The number of anilines is 1. The molecule has 120 valence electrons. The fourth-order valence-electron chi connectivity index (χ4n) is 2.17. The van der Waals surface area contributed by atoms with Crippen molar-refractivity contribution in [1.82, 2.24) is 0 Å². The average Bonchev–Trinajstić information content (AvgIpc) is 2.54. The van der Waals surface area contributed by atoms with E-state index in [0.29, 0.717) is 11.3 Å². The van der Waals surface area contributed by atoms with E-state index < -0.39 is 11.9 Å². The zero-order valence-corrected chi connectivity index (χ0v) is 13.0. The Morgan fingerprint density at radius 2 is 1.61 bits per heavy atom. The zero-order chi connectivity index (χ0) is 17.0. The normalized spacial score (nSPS) is 10.0. The molecular formula is C17H16NO5-. The van der Waals surface area contributed by atoms with Crippen LogP contribution < -0.4 is 19.9 Å². The third kappa shape index (κ3) is 3.42. The molecular weight excluding hydrogens is 298 g/mol. The minimum atomic E-state index is -1.42. The second-order valence-corrected chi connectivity index (χ2v) is 4.81. The Bertz CT molecular complexity index is 755. The van der Waals surface area contributed by atoms with Crippen molar-refractivity contribution in [1.29, 1.82) is 0 Å². The predicted octanol–water partition coefficient (Wildman–Crippen LogP) is 1.63. The number of carboxylic acid groups (broad SMARTS) is 1. The molecule has 0 fully saturated rings. The van der Waals surface area contributed by atoms with Crippen molar-refractivity contribution in [2.24, 2.45) is 0 Å². The van der Waals surface area contributed by atoms with Gasteiger partial charge in [0.15, 0.2) is 11.5 Å². The smallest absolute Gasteiger partial charge is 0.255 e. The molecule has 0 unspecified atom stereocenters. The number of methoxy groups -OCH3 is 2. The number of hydrogen-bond donors (Lipinski definition) is 1. The second kappa shape index (κ2) is 6.83. The molecule has 0 radical (unpaired) electrons. The van der Waals surface area contributed by atoms with E-state index in [9.17, 15) is 14.7 Å². The van der Waals surface area contributed by atoms with E-state index in [1.54, 1.807) is 25.1 Å². The minimum absolute atomic E-state index is 0.0795. The number of carboxylic acids is 1. The molecule has 0 aromatic heterocycles. The van der Waals surface area contributed by atoms with Gasteiger partial charge in [-0.15, -0.1) is 0 Å². The largest absolute Gasteiger partial charge is 0.545 e. The standard InChI is InChI=1S/C17H17NO5/c1-10-6-4-5-7-11(10)16(19)18-13-9-15(23-3)14(22-2)8-12(13)17(20)21/h4-9H,1-3H3,(H,18,19)(H,20,21)/p-1. The maximum atomic E-state index is 12.4. The van der Waals surface area contributed by atoms with Crippen molar-refractivity contribution in [3.05, 3.63) is 53.1 Å². The third-order valence-electron chi connectivity index (χ3n) is 3.38. The van der Waals surface area contributed by atoms with Gasteiger partial charge in [-0.25, -0.2) is 0 Å². The summed E-state index contributed by atoms with van der Waals surface area (Å²) in [5.41, 5.74) is 1.12. The van der Waals surface area contributed by atoms with E-state index in [4.69, 9.17) is 9.47 Å². The molecule has 0 heterocycles. The first-order valence-corrected chi connectivity index (χ1v) is 6.82. The molecule has 0 aliphatic heterocycles. The van der Waals surface area contributed by atoms with Crippen molar-refractivity contribution >= 4 is 17.6 Å². The number of amides is 1. The molecule has 1 N–H and O–H groups in total. The first kappa shape index (κ1) is 16.4. The topological polar surface area (TPSA) is 87.7 Å². The van der Waals surface area contributed by atoms with E-state index >= 15 is 0 Å². The number of ether oxygens (including phenoxy) is 2. The molecule has 6 heteroatoms. The van der Waals surface area contributed by atoms with Crippen molar-refractivity contribution < 1.29 is 24.2 Å². The molecule has 2 rings (SSSR count). The molecule has 2 aromatic carbocycles. The van der Waals surface area contributed by atoms with Crippen LogP contribution in [0, 0.1) is 6.92 Å². The van der Waals surface area contributed by atoms with Gasteiger partial charge in [0.05, 0.1) is 25.9 Å². The van der Waals surface area contributed by atoms with Gasteiger partial charge in [0.25, 0.3) is 5.91 Å². The predicted molar refractivity (Wildman–Crippen MR) is 83.0 cm³/mol. The molecule has 6 nitrogen and oxygen atoms in total. The number of aromatic carboxylic acids is 1. The van der Waals surface area contributed by atoms with Crippen LogP contribution in [0.4, 0.5) is 5.69 Å². The van der Waals surface area contributed by atoms with Crippen molar-refractivity contribution in [2.45, 2.75) is 6.92 Å². The van der Waals surface area contributed by atoms with Crippen LogP contribution in [-0.4, -0.2) is 26.1 Å². The molecule has 0 saturated heterocycles. The number of nitrogens with one attached hydrogen (secondary N) is 1. The van der Waals surface area contributed by atoms with E-state index in [1.165, 1.54) is 26.4 Å². The second-order valence-electron chi connectivity index (χ2n) is 4.81. The lowest BCUT2D eigenvalue weighted by Crippen LogP contribution is -2.25. The van der Waals surface area contributed by atoms with Crippen LogP contribution in [0.25, 0.3) is 0 Å². The molecule has 1 amide bonds. The van der Waals surface area contributed by atoms with Crippen LogP contribution in [-0.2, 0) is 0 Å². The maximum absolute atomic E-state index is 12.4. The third-order valence-corrected chi connectivity index (χ3v) is 3.38. The van der Waals surface area contributed by atoms with Crippen LogP contribution >= 0.6 is 0 Å². The number of rotatable bonds is 5. The quantitative estimate of drug-likeness (QED) is 0.906. The van der Waals surface area contributed by atoms with Gasteiger partial charge in [0, 0.05) is 17.2 Å². The number of hydrogen-bond acceptors (Lipinski definition) is 5. The van der Waals surface area contributed by atoms with Crippen molar-refractivity contribution in [2.75, 3.05) is 19.5 Å². The molecule has 0 saturated carbocycles. The molecule has 0 aliphatic rings. The van der Waals surface area contributed by atoms with Gasteiger partial charge < -0.3 is 24.7 Å². The Kier molecular flexibility index (Phi) is 4.85. The molecule has 0 spiro atoms. The van der Waals surface area contributed by atoms with E-state index in [0.717, 1.165) is 5.56 Å². The van der Waals surface area contributed by atoms with Gasteiger partial charge in [0.1, 0.15) is 0 Å². The highest BCUT2D eigenvalue weighted by Gasteiger charge is 2.15. The Labute approximate surface area is 133 Å². The minimum Gasteiger partial charge on any atom is -0.545 e. The van der Waals surface area contributed by atoms with Crippen LogP contribution in [0.5, 0.6) is 11.5 Å². The van der Waals surface area contributed by atoms with E-state index in [2.05, 4.69) is 5.32 Å². The first-order chi connectivity index (χ1) is 11.0. The first-order valence-electron chi connectivity index (χ1n) is 6.82. The van der Waals surface area contributed by atoms with E-state index in [-0.39, 0.29) is 17.0 Å². The lowest BCUT2D eigenvalue weighted by Gasteiger charge is -2.16. The molecule has 2 aromatic rings. The van der Waals surface area contributed by atoms with Gasteiger partial charge in [-0.2, -0.15) is 0 Å². The summed E-state index contributed by atoms with van der Waals surface area (Å²) in [6.07, 6.45) is 0. The summed E-state index contributed by atoms with van der Waals surface area (Å²) in [7, 11) is 2.81. The van der Waals surface area contributed by atoms with Crippen LogP contribution in [0.15, 0.2) is 36.4 Å². The maximum Gasteiger partial charge on any atom is 0.255 e. The Balaban J connectivity index is 2.44. The van der Waals surface area contributed by atoms with Gasteiger partial charge in [-0.1, -0.05) is 18.2 Å². The van der Waals surface area contributed by atoms with Crippen LogP contribution in [0.2, 0.25) is 0 Å². The molecule has 23 heavy (non-hydrogen) atoms. The van der Waals surface area contributed by atoms with Crippen molar-refractivity contribution in [3.8, 4) is 11.5 Å². The van der Waals surface area contributed by atoms with Gasteiger partial charge >= 0.3 is 0 Å². The van der Waals surface area contributed by atoms with Gasteiger partial charge in [-0.05, 0) is 24.6 Å². The average molecular weight is 314 g/mol. The monoisotopic (exact) mass is 314 g/mol. The number of carbonyl (C=O) groups is 2. The van der Waals surface area contributed by atoms with E-state index in [1.807, 2.05) is 6.07 Å². The highest BCUT2D eigenvalue weighted by atomic mass is 16.5. The highest BCUT2D eigenvalue weighted by Crippen LogP contribution is 2.33. The zero-order valence-electron chi connectivity index (χ0n) is 13.0. The molecule has 0 bridgehead atoms. The summed E-state index contributed by atoms with van der Waals surface area (Å²) in [6, 6.07) is 9.64. The Hall–Kier alpha value is -3.02. The lowest BCUT2D eigenvalue weighted by atomic mass is 10.1. The summed E-state index contributed by atoms with van der Waals surface area (Å²) in [6.45, 7) is 1.79. The van der Waals surface area contributed by atoms with Gasteiger partial charge in [0.2, 0.25) is 0 Å². The number of benzene rings is 2. The van der Waals surface area contributed by atoms with Crippen LogP contribution in [0.1, 0.15) is 26.3 Å². The Morgan fingerprint density at radius 3 is 2.17 bits per heavy atom. The molecule has 0 aliphatic carbocycles. The number of aryl methyl sites for hydroxylation is 1. The summed E-state index contributed by atoms with van der Waals surface area (Å²) >= 11 is 0. The number of carbonyl (C=O) groups excluding carboxylic acids is 2. The Morgan fingerprint density at radius 1 is 1.00 bits per heavy atom.